The van der Waals surface area contributed by atoms with Crippen molar-refractivity contribution in [3.8, 4) is 0 Å². The van der Waals surface area contributed by atoms with Crippen LogP contribution in [0.25, 0.3) is 10.4 Å². The van der Waals surface area contributed by atoms with Gasteiger partial charge in [0.2, 0.25) is 0 Å². The number of aliphatic carboxylic acids is 1. The lowest BCUT2D eigenvalue weighted by Gasteiger charge is -2.05. The molecule has 1 unspecified atom stereocenters. The molecule has 0 saturated carbocycles. The number of carbonyl (C=O) groups excluding carboxylic acids is 1. The molecular weight excluding hydrogens is 190 g/mol. The summed E-state index contributed by atoms with van der Waals surface area (Å²) < 4.78 is 4.60. The molecule has 0 heterocycles. The normalized spacial score (nSPS) is 11.2. The van der Waals surface area contributed by atoms with Gasteiger partial charge in [-0.1, -0.05) is 12.0 Å². The molecule has 78 valence electrons. The highest BCUT2D eigenvalue weighted by Gasteiger charge is 2.16. The van der Waals surface area contributed by atoms with Crippen molar-refractivity contribution >= 4 is 11.9 Å². The fourth-order valence-corrected chi connectivity index (χ4v) is 0.641. The first-order valence-corrected chi connectivity index (χ1v) is 3.97. The molecule has 0 aromatic carbocycles. The Kier molecular flexibility index (Phi) is 5.89. The lowest BCUT2D eigenvalue weighted by atomic mass is 10.1. The first kappa shape index (κ1) is 12.2. The van der Waals surface area contributed by atoms with Gasteiger partial charge < -0.3 is 9.84 Å². The largest absolute Gasteiger partial charge is 0.481 e. The number of nitrogens with zero attached hydrogens (tertiary/aromatic N) is 3. The summed E-state index contributed by atoms with van der Waals surface area (Å²) in [5.74, 6) is -2.41. The van der Waals surface area contributed by atoms with Crippen molar-refractivity contribution in [3.05, 3.63) is 10.4 Å². The van der Waals surface area contributed by atoms with Crippen LogP contribution in [0.4, 0.5) is 0 Å². The molecule has 0 amide bonds. The number of carboxylic acids is 1. The summed E-state index contributed by atoms with van der Waals surface area (Å²) in [6.45, 7) is 1.45. The van der Waals surface area contributed by atoms with Crippen molar-refractivity contribution in [1.29, 1.82) is 0 Å². The van der Waals surface area contributed by atoms with Crippen LogP contribution in [0.15, 0.2) is 5.11 Å². The maximum Gasteiger partial charge on any atom is 0.306 e. The molecule has 0 aliphatic carbocycles. The second-order valence-corrected chi connectivity index (χ2v) is 2.62. The van der Waals surface area contributed by atoms with Crippen LogP contribution >= 0.6 is 0 Å². The van der Waals surface area contributed by atoms with Gasteiger partial charge in [-0.05, 0) is 5.53 Å². The zero-order valence-corrected chi connectivity index (χ0v) is 7.71. The minimum absolute atomic E-state index is 0.0186. The topological polar surface area (TPSA) is 112 Å². The van der Waals surface area contributed by atoms with Crippen LogP contribution in [0, 0.1) is 5.92 Å². The minimum Gasteiger partial charge on any atom is -0.481 e. The Hall–Kier alpha value is -1.75. The van der Waals surface area contributed by atoms with Crippen molar-refractivity contribution < 1.29 is 19.4 Å². The predicted molar refractivity (Wildman–Crippen MR) is 46.4 cm³/mol. The average molecular weight is 201 g/mol. The minimum atomic E-state index is -1.04. The van der Waals surface area contributed by atoms with Gasteiger partial charge >= 0.3 is 11.9 Å². The van der Waals surface area contributed by atoms with Gasteiger partial charge in [0.05, 0.1) is 25.5 Å². The smallest absolute Gasteiger partial charge is 0.306 e. The second kappa shape index (κ2) is 6.73. The van der Waals surface area contributed by atoms with E-state index in [2.05, 4.69) is 14.8 Å². The highest BCUT2D eigenvalue weighted by atomic mass is 16.5. The second-order valence-electron chi connectivity index (χ2n) is 2.62. The average Bonchev–Trinajstić information content (AvgIpc) is 2.12. The van der Waals surface area contributed by atoms with Crippen molar-refractivity contribution in [2.24, 2.45) is 11.0 Å². The molecule has 0 radical (unpaired) electrons. The number of hydrogen-bond donors (Lipinski definition) is 1. The first-order chi connectivity index (χ1) is 6.57. The Balaban J connectivity index is 3.65. The molecule has 7 nitrogen and oxygen atoms in total. The van der Waals surface area contributed by atoms with E-state index in [4.69, 9.17) is 10.6 Å². The Morgan fingerprint density at radius 1 is 1.64 bits per heavy atom. The Labute approximate surface area is 80.3 Å². The van der Waals surface area contributed by atoms with Gasteiger partial charge in [-0.3, -0.25) is 9.59 Å². The fraction of sp³-hybridized carbons (Fsp3) is 0.714. The van der Waals surface area contributed by atoms with Crippen LogP contribution < -0.4 is 0 Å². The van der Waals surface area contributed by atoms with Gasteiger partial charge in [0.25, 0.3) is 0 Å². The van der Waals surface area contributed by atoms with E-state index in [-0.39, 0.29) is 19.6 Å². The van der Waals surface area contributed by atoms with E-state index in [1.54, 1.807) is 0 Å². The maximum absolute atomic E-state index is 10.9. The van der Waals surface area contributed by atoms with Gasteiger partial charge in [0.15, 0.2) is 0 Å². The summed E-state index contributed by atoms with van der Waals surface area (Å²) in [4.78, 5) is 23.7. The lowest BCUT2D eigenvalue weighted by molar-refractivity contribution is -0.150. The van der Waals surface area contributed by atoms with Crippen LogP contribution in [0.1, 0.15) is 13.3 Å². The molecule has 0 saturated heterocycles. The summed E-state index contributed by atoms with van der Waals surface area (Å²) in [6.07, 6.45) is -0.175. The molecule has 0 rings (SSSR count). The van der Waals surface area contributed by atoms with Gasteiger partial charge in [0.1, 0.15) is 0 Å². The third-order valence-electron chi connectivity index (χ3n) is 1.41. The van der Waals surface area contributed by atoms with Crippen LogP contribution in [-0.4, -0.2) is 30.2 Å². The summed E-state index contributed by atoms with van der Waals surface area (Å²) in [5.41, 5.74) is 7.89. The van der Waals surface area contributed by atoms with Crippen LogP contribution in [0.3, 0.4) is 0 Å². The molecule has 14 heavy (non-hydrogen) atoms. The molecule has 0 aromatic heterocycles. The van der Waals surface area contributed by atoms with E-state index in [0.717, 1.165) is 0 Å². The van der Waals surface area contributed by atoms with E-state index < -0.39 is 17.9 Å². The van der Waals surface area contributed by atoms with E-state index in [1.807, 2.05) is 0 Å². The summed E-state index contributed by atoms with van der Waals surface area (Å²) >= 11 is 0. The lowest BCUT2D eigenvalue weighted by Crippen LogP contribution is -2.17. The van der Waals surface area contributed by atoms with E-state index in [9.17, 15) is 9.59 Å². The first-order valence-electron chi connectivity index (χ1n) is 3.97. The molecule has 0 aliphatic rings. The van der Waals surface area contributed by atoms with Crippen LogP contribution in [0.5, 0.6) is 0 Å². The maximum atomic E-state index is 10.9. The third kappa shape index (κ3) is 5.84. The zero-order valence-electron chi connectivity index (χ0n) is 7.71. The van der Waals surface area contributed by atoms with Crippen molar-refractivity contribution in [2.45, 2.75) is 13.3 Å². The van der Waals surface area contributed by atoms with E-state index in [1.165, 1.54) is 6.92 Å². The standard InChI is InChI=1S/C7H11N3O4/c1-5(7(12)13)4-6(11)14-3-2-9-10-8/h5H,2-4H2,1H3,(H,12,13). The molecule has 1 atom stereocenters. The number of carboxylic acid groups (broad SMARTS) is 1. The molecule has 1 N–H and O–H groups in total. The van der Waals surface area contributed by atoms with Gasteiger partial charge in [-0.15, -0.1) is 0 Å². The van der Waals surface area contributed by atoms with Crippen molar-refractivity contribution in [3.63, 3.8) is 0 Å². The highest BCUT2D eigenvalue weighted by molar-refractivity contribution is 5.78. The number of hydrogen-bond acceptors (Lipinski definition) is 4. The van der Waals surface area contributed by atoms with Crippen molar-refractivity contribution in [2.75, 3.05) is 13.2 Å². The van der Waals surface area contributed by atoms with Gasteiger partial charge in [0, 0.05) is 4.91 Å². The van der Waals surface area contributed by atoms with E-state index in [0.29, 0.717) is 0 Å². The third-order valence-corrected chi connectivity index (χ3v) is 1.41. The van der Waals surface area contributed by atoms with Gasteiger partial charge in [-0.2, -0.15) is 0 Å². The monoisotopic (exact) mass is 201 g/mol. The molecule has 0 aliphatic heterocycles. The molecule has 0 aromatic rings. The van der Waals surface area contributed by atoms with Crippen LogP contribution in [-0.2, 0) is 14.3 Å². The Bertz CT molecular complexity index is 260. The van der Waals surface area contributed by atoms with E-state index >= 15 is 0 Å². The number of carbonyl (C=O) groups is 2. The molecular formula is C7H11N3O4. The SMILES string of the molecule is CC(CC(=O)OCCN=[N+]=[N-])C(=O)O. The van der Waals surface area contributed by atoms with Crippen LogP contribution in [0.2, 0.25) is 0 Å². The number of rotatable bonds is 6. The Morgan fingerprint density at radius 3 is 2.79 bits per heavy atom. The summed E-state index contributed by atoms with van der Waals surface area (Å²) in [7, 11) is 0. The van der Waals surface area contributed by atoms with Gasteiger partial charge in [-0.25, -0.2) is 0 Å². The summed E-state index contributed by atoms with van der Waals surface area (Å²) in [5, 5.41) is 11.6. The fourth-order valence-electron chi connectivity index (χ4n) is 0.641. The molecule has 7 heteroatoms. The molecule has 0 spiro atoms. The Morgan fingerprint density at radius 2 is 2.29 bits per heavy atom. The molecule has 0 fully saturated rings. The predicted octanol–water partition coefficient (Wildman–Crippen LogP) is 0.951. The number of ether oxygens (including phenoxy) is 1. The highest BCUT2D eigenvalue weighted by Crippen LogP contribution is 2.02. The number of azide groups is 1. The van der Waals surface area contributed by atoms with Crippen molar-refractivity contribution in [1.82, 2.24) is 0 Å². The summed E-state index contributed by atoms with van der Waals surface area (Å²) in [6, 6.07) is 0. The number of esters is 1. The zero-order chi connectivity index (χ0) is 11.0. The molecule has 0 bridgehead atoms. The quantitative estimate of drug-likeness (QED) is 0.226.